The van der Waals surface area contributed by atoms with Crippen LogP contribution in [0.3, 0.4) is 0 Å². The van der Waals surface area contributed by atoms with Gasteiger partial charge in [-0.3, -0.25) is 24.0 Å². The van der Waals surface area contributed by atoms with Gasteiger partial charge in [0.2, 0.25) is 23.6 Å². The molecule has 182 valence electrons. The molecule has 14 nitrogen and oxygen atoms in total. The van der Waals surface area contributed by atoms with Crippen molar-refractivity contribution in [3.63, 3.8) is 0 Å². The van der Waals surface area contributed by atoms with Gasteiger partial charge in [0.15, 0.2) is 6.04 Å². The number of carboxylic acids is 2. The van der Waals surface area contributed by atoms with Crippen LogP contribution in [0.15, 0.2) is 0 Å². The Morgan fingerprint density at radius 1 is 0.906 bits per heavy atom. The highest BCUT2D eigenvalue weighted by atomic mass is 32.2. The van der Waals surface area contributed by atoms with E-state index in [0.29, 0.717) is 5.75 Å². The standard InChI is InChI=1S/C17H29N5O9S/c1-7(23)13(17(30)31)22-15(28)9(3-4-32-2)20-16(29)10(6-12(25)26)21-14(27)8(18)5-11(19)24/h7-10,13,23H,3-6,18H2,1-2H3,(H2,19,24)(H,20,29)(H,21,27)(H,22,28)(H,25,26)(H,30,31). The fraction of sp³-hybridized carbons (Fsp3) is 0.647. The van der Waals surface area contributed by atoms with Crippen LogP contribution < -0.4 is 27.4 Å². The number of hydrogen-bond donors (Lipinski definition) is 8. The van der Waals surface area contributed by atoms with Gasteiger partial charge in [-0.05, 0) is 25.4 Å². The Bertz CT molecular complexity index is 719. The summed E-state index contributed by atoms with van der Waals surface area (Å²) in [5, 5.41) is 34.2. The predicted molar refractivity (Wildman–Crippen MR) is 112 cm³/mol. The first-order valence-corrected chi connectivity index (χ1v) is 10.8. The Morgan fingerprint density at radius 3 is 1.88 bits per heavy atom. The molecule has 0 bridgehead atoms. The van der Waals surface area contributed by atoms with Gasteiger partial charge in [0.05, 0.1) is 25.0 Å². The van der Waals surface area contributed by atoms with Gasteiger partial charge in [-0.2, -0.15) is 11.8 Å². The van der Waals surface area contributed by atoms with Gasteiger partial charge in [0, 0.05) is 0 Å². The number of amides is 4. The molecule has 10 N–H and O–H groups in total. The van der Waals surface area contributed by atoms with Crippen molar-refractivity contribution in [1.82, 2.24) is 16.0 Å². The van der Waals surface area contributed by atoms with Gasteiger partial charge < -0.3 is 42.7 Å². The summed E-state index contributed by atoms with van der Waals surface area (Å²) >= 11 is 1.32. The predicted octanol–water partition coefficient (Wildman–Crippen LogP) is -3.66. The summed E-state index contributed by atoms with van der Waals surface area (Å²) in [5.41, 5.74) is 10.4. The number of primary amides is 1. The average Bonchev–Trinajstić information content (AvgIpc) is 2.66. The normalized spacial score (nSPS) is 15.4. The lowest BCUT2D eigenvalue weighted by Gasteiger charge is -2.25. The van der Waals surface area contributed by atoms with Crippen molar-refractivity contribution in [2.75, 3.05) is 12.0 Å². The van der Waals surface area contributed by atoms with Gasteiger partial charge in [0.1, 0.15) is 12.1 Å². The van der Waals surface area contributed by atoms with Gasteiger partial charge >= 0.3 is 11.9 Å². The molecule has 15 heteroatoms. The smallest absolute Gasteiger partial charge is 0.328 e. The number of rotatable bonds is 15. The van der Waals surface area contributed by atoms with Gasteiger partial charge in [-0.15, -0.1) is 0 Å². The number of thioether (sulfide) groups is 1. The Kier molecular flexibility index (Phi) is 12.9. The summed E-state index contributed by atoms with van der Waals surface area (Å²) in [7, 11) is 0. The Balaban J connectivity index is 5.48. The van der Waals surface area contributed by atoms with E-state index in [0.717, 1.165) is 6.92 Å². The zero-order chi connectivity index (χ0) is 25.0. The van der Waals surface area contributed by atoms with Crippen molar-refractivity contribution < 1.29 is 44.1 Å². The Hall–Kier alpha value is -2.91. The molecule has 0 fully saturated rings. The molecule has 0 rings (SSSR count). The fourth-order valence-corrected chi connectivity index (χ4v) is 2.86. The van der Waals surface area contributed by atoms with Crippen LogP contribution in [-0.2, 0) is 28.8 Å². The molecule has 5 atom stereocenters. The number of carbonyl (C=O) groups excluding carboxylic acids is 4. The van der Waals surface area contributed by atoms with Crippen LogP contribution in [0.2, 0.25) is 0 Å². The minimum Gasteiger partial charge on any atom is -0.481 e. The highest BCUT2D eigenvalue weighted by Crippen LogP contribution is 2.05. The first kappa shape index (κ1) is 29.1. The molecule has 0 aromatic heterocycles. The van der Waals surface area contributed by atoms with Crippen molar-refractivity contribution in [1.29, 1.82) is 0 Å². The number of nitrogens with two attached hydrogens (primary N) is 2. The third-order valence-electron chi connectivity index (χ3n) is 4.06. The fourth-order valence-electron chi connectivity index (χ4n) is 2.39. The first-order valence-electron chi connectivity index (χ1n) is 9.36. The summed E-state index contributed by atoms with van der Waals surface area (Å²) in [6.07, 6.45) is -1.07. The average molecular weight is 480 g/mol. The van der Waals surface area contributed by atoms with E-state index >= 15 is 0 Å². The van der Waals surface area contributed by atoms with Crippen LogP contribution in [0.5, 0.6) is 0 Å². The van der Waals surface area contributed by atoms with E-state index in [4.69, 9.17) is 21.7 Å². The molecule has 0 aromatic carbocycles. The number of carboxylic acid groups (broad SMARTS) is 2. The Morgan fingerprint density at radius 2 is 1.44 bits per heavy atom. The summed E-state index contributed by atoms with van der Waals surface area (Å²) in [4.78, 5) is 70.4. The molecule has 5 unspecified atom stereocenters. The third-order valence-corrected chi connectivity index (χ3v) is 4.70. The van der Waals surface area contributed by atoms with E-state index in [2.05, 4.69) is 16.0 Å². The molecule has 32 heavy (non-hydrogen) atoms. The van der Waals surface area contributed by atoms with E-state index in [1.807, 2.05) is 0 Å². The topological polar surface area (TPSA) is 251 Å². The van der Waals surface area contributed by atoms with Crippen LogP contribution in [0.25, 0.3) is 0 Å². The van der Waals surface area contributed by atoms with E-state index in [-0.39, 0.29) is 6.42 Å². The molecule has 0 aliphatic rings. The van der Waals surface area contributed by atoms with Crippen LogP contribution in [-0.4, -0.2) is 93.2 Å². The maximum atomic E-state index is 12.6. The number of hydrogen-bond acceptors (Lipinski definition) is 9. The molecule has 4 amide bonds. The third kappa shape index (κ3) is 10.9. The molecule has 0 aromatic rings. The second-order valence-electron chi connectivity index (χ2n) is 6.84. The summed E-state index contributed by atoms with van der Waals surface area (Å²) in [6, 6.07) is -5.99. The van der Waals surface area contributed by atoms with Crippen molar-refractivity contribution in [2.45, 2.75) is 56.5 Å². The van der Waals surface area contributed by atoms with E-state index < -0.39 is 78.7 Å². The number of aliphatic hydroxyl groups is 1. The minimum absolute atomic E-state index is 0.0415. The summed E-state index contributed by atoms with van der Waals surface area (Å²) in [5.74, 6) is -6.43. The number of aliphatic carboxylic acids is 2. The van der Waals surface area contributed by atoms with Gasteiger partial charge in [0.25, 0.3) is 0 Å². The van der Waals surface area contributed by atoms with Crippen LogP contribution in [0, 0.1) is 0 Å². The summed E-state index contributed by atoms with van der Waals surface area (Å²) in [6.45, 7) is 1.16. The molecule has 0 saturated carbocycles. The van der Waals surface area contributed by atoms with Crippen LogP contribution >= 0.6 is 11.8 Å². The van der Waals surface area contributed by atoms with E-state index in [1.165, 1.54) is 11.8 Å². The zero-order valence-corrected chi connectivity index (χ0v) is 18.4. The SMILES string of the molecule is CSCCC(NC(=O)C(CC(=O)O)NC(=O)C(N)CC(N)=O)C(=O)NC(C(=O)O)C(C)O. The van der Waals surface area contributed by atoms with E-state index in [9.17, 15) is 33.9 Å². The zero-order valence-electron chi connectivity index (χ0n) is 17.6. The van der Waals surface area contributed by atoms with E-state index in [1.54, 1.807) is 6.26 Å². The monoisotopic (exact) mass is 479 g/mol. The highest BCUT2D eigenvalue weighted by molar-refractivity contribution is 7.98. The van der Waals surface area contributed by atoms with Crippen LogP contribution in [0.1, 0.15) is 26.2 Å². The largest absolute Gasteiger partial charge is 0.481 e. The number of nitrogens with one attached hydrogen (secondary N) is 3. The molecule has 0 saturated heterocycles. The lowest BCUT2D eigenvalue weighted by molar-refractivity contribution is -0.145. The molecule has 0 heterocycles. The molecule has 0 aliphatic carbocycles. The first-order chi connectivity index (χ1) is 14.8. The second kappa shape index (κ2) is 14.2. The van der Waals surface area contributed by atoms with Crippen molar-refractivity contribution in [2.24, 2.45) is 11.5 Å². The minimum atomic E-state index is -1.64. The van der Waals surface area contributed by atoms with Crippen molar-refractivity contribution >= 4 is 47.3 Å². The summed E-state index contributed by atoms with van der Waals surface area (Å²) < 4.78 is 0. The molecule has 0 radical (unpaired) electrons. The maximum absolute atomic E-state index is 12.6. The molecular formula is C17H29N5O9S. The number of carbonyl (C=O) groups is 6. The maximum Gasteiger partial charge on any atom is 0.328 e. The molecule has 0 spiro atoms. The second-order valence-corrected chi connectivity index (χ2v) is 7.83. The van der Waals surface area contributed by atoms with Gasteiger partial charge in [-0.25, -0.2) is 4.79 Å². The van der Waals surface area contributed by atoms with Gasteiger partial charge in [-0.1, -0.05) is 0 Å². The molecular weight excluding hydrogens is 450 g/mol. The molecule has 0 aliphatic heterocycles. The Labute approximate surface area is 187 Å². The lowest BCUT2D eigenvalue weighted by Crippen LogP contribution is -2.58. The van der Waals surface area contributed by atoms with Crippen LogP contribution in [0.4, 0.5) is 0 Å². The number of aliphatic hydroxyl groups excluding tert-OH is 1. The van der Waals surface area contributed by atoms with Crippen molar-refractivity contribution in [3.05, 3.63) is 0 Å². The highest BCUT2D eigenvalue weighted by Gasteiger charge is 2.32. The lowest BCUT2D eigenvalue weighted by atomic mass is 10.1. The quantitative estimate of drug-likeness (QED) is 0.114. The van der Waals surface area contributed by atoms with Crippen molar-refractivity contribution in [3.8, 4) is 0 Å².